The third-order valence-corrected chi connectivity index (χ3v) is 3.77. The van der Waals surface area contributed by atoms with Crippen LogP contribution in [-0.4, -0.2) is 21.9 Å². The predicted molar refractivity (Wildman–Crippen MR) is 78.9 cm³/mol. The number of hydrogen-bond acceptors (Lipinski definition) is 5. The van der Waals surface area contributed by atoms with Crippen LogP contribution in [0.15, 0.2) is 28.8 Å². The van der Waals surface area contributed by atoms with Crippen LogP contribution in [0.3, 0.4) is 0 Å². The molecule has 0 aliphatic rings. The summed E-state index contributed by atoms with van der Waals surface area (Å²) in [6.07, 6.45) is 1.00. The average molecular weight is 277 g/mol. The SMILES string of the molecule is Cc1ccccc1-c1noc(CSCCC(C)N)n1. The molecule has 0 radical (unpaired) electrons. The molecule has 19 heavy (non-hydrogen) atoms. The number of aromatic nitrogens is 2. The Morgan fingerprint density at radius 3 is 2.89 bits per heavy atom. The van der Waals surface area contributed by atoms with Crippen molar-refractivity contribution in [2.75, 3.05) is 5.75 Å². The van der Waals surface area contributed by atoms with Gasteiger partial charge in [0.1, 0.15) is 0 Å². The van der Waals surface area contributed by atoms with Crippen molar-refractivity contribution in [1.82, 2.24) is 10.1 Å². The molecule has 1 atom stereocenters. The van der Waals surface area contributed by atoms with Crippen molar-refractivity contribution >= 4 is 11.8 Å². The maximum Gasteiger partial charge on any atom is 0.236 e. The molecule has 1 unspecified atom stereocenters. The van der Waals surface area contributed by atoms with E-state index in [0.29, 0.717) is 11.7 Å². The van der Waals surface area contributed by atoms with Crippen LogP contribution >= 0.6 is 11.8 Å². The number of thioether (sulfide) groups is 1. The standard InChI is InChI=1S/C14H19N3OS/c1-10-5-3-4-6-12(10)14-16-13(18-17-14)9-19-8-7-11(2)15/h3-6,11H,7-9,15H2,1-2H3. The molecule has 2 aromatic rings. The monoisotopic (exact) mass is 277 g/mol. The molecule has 1 aromatic heterocycles. The molecule has 5 heteroatoms. The van der Waals surface area contributed by atoms with Crippen LogP contribution in [0, 0.1) is 6.92 Å². The zero-order valence-electron chi connectivity index (χ0n) is 11.3. The molecule has 1 heterocycles. The summed E-state index contributed by atoms with van der Waals surface area (Å²) in [5, 5.41) is 4.04. The van der Waals surface area contributed by atoms with E-state index >= 15 is 0 Å². The lowest BCUT2D eigenvalue weighted by molar-refractivity contribution is 0.391. The van der Waals surface area contributed by atoms with E-state index in [4.69, 9.17) is 10.3 Å². The largest absolute Gasteiger partial charge is 0.338 e. The Balaban J connectivity index is 1.94. The van der Waals surface area contributed by atoms with Gasteiger partial charge < -0.3 is 10.3 Å². The smallest absolute Gasteiger partial charge is 0.236 e. The maximum atomic E-state index is 5.70. The number of aryl methyl sites for hydroxylation is 1. The van der Waals surface area contributed by atoms with Gasteiger partial charge in [0, 0.05) is 11.6 Å². The minimum Gasteiger partial charge on any atom is -0.338 e. The first-order valence-corrected chi connectivity index (χ1v) is 7.54. The number of nitrogens with two attached hydrogens (primary N) is 1. The summed E-state index contributed by atoms with van der Waals surface area (Å²) in [6.45, 7) is 4.06. The van der Waals surface area contributed by atoms with Crippen molar-refractivity contribution in [1.29, 1.82) is 0 Å². The van der Waals surface area contributed by atoms with Gasteiger partial charge in [-0.15, -0.1) is 0 Å². The Hall–Kier alpha value is -1.33. The van der Waals surface area contributed by atoms with Gasteiger partial charge in [0.05, 0.1) is 5.75 Å². The summed E-state index contributed by atoms with van der Waals surface area (Å²) in [6, 6.07) is 8.28. The Morgan fingerprint density at radius 2 is 2.16 bits per heavy atom. The van der Waals surface area contributed by atoms with Crippen LogP contribution in [0.5, 0.6) is 0 Å². The van der Waals surface area contributed by atoms with Gasteiger partial charge in [0.25, 0.3) is 0 Å². The highest BCUT2D eigenvalue weighted by molar-refractivity contribution is 7.98. The number of hydrogen-bond donors (Lipinski definition) is 1. The third-order valence-electron chi connectivity index (χ3n) is 2.80. The fourth-order valence-corrected chi connectivity index (χ4v) is 2.65. The van der Waals surface area contributed by atoms with E-state index in [2.05, 4.69) is 10.1 Å². The molecule has 4 nitrogen and oxygen atoms in total. The number of nitrogens with zero attached hydrogens (tertiary/aromatic N) is 2. The molecule has 0 aliphatic carbocycles. The van der Waals surface area contributed by atoms with Gasteiger partial charge >= 0.3 is 0 Å². The Labute approximate surface area is 117 Å². The molecule has 0 amide bonds. The second-order valence-electron chi connectivity index (χ2n) is 4.65. The molecule has 2 rings (SSSR count). The lowest BCUT2D eigenvalue weighted by Gasteiger charge is -2.02. The van der Waals surface area contributed by atoms with Gasteiger partial charge in [-0.2, -0.15) is 16.7 Å². The summed E-state index contributed by atoms with van der Waals surface area (Å²) in [5.74, 6) is 3.10. The highest BCUT2D eigenvalue weighted by Gasteiger charge is 2.10. The van der Waals surface area contributed by atoms with E-state index in [0.717, 1.165) is 29.1 Å². The van der Waals surface area contributed by atoms with Crippen molar-refractivity contribution < 1.29 is 4.52 Å². The van der Waals surface area contributed by atoms with Crippen molar-refractivity contribution in [3.8, 4) is 11.4 Å². The molecular formula is C14H19N3OS. The van der Waals surface area contributed by atoms with Crippen LogP contribution in [0.4, 0.5) is 0 Å². The van der Waals surface area contributed by atoms with Gasteiger partial charge in [-0.05, 0) is 31.6 Å². The zero-order chi connectivity index (χ0) is 13.7. The van der Waals surface area contributed by atoms with Gasteiger partial charge in [-0.25, -0.2) is 0 Å². The van der Waals surface area contributed by atoms with Gasteiger partial charge in [0.2, 0.25) is 11.7 Å². The summed E-state index contributed by atoms with van der Waals surface area (Å²) in [5.41, 5.74) is 7.88. The first kappa shape index (κ1) is 14.1. The lowest BCUT2D eigenvalue weighted by atomic mass is 10.1. The fraction of sp³-hybridized carbons (Fsp3) is 0.429. The van der Waals surface area contributed by atoms with Gasteiger partial charge in [-0.3, -0.25) is 0 Å². The summed E-state index contributed by atoms with van der Waals surface area (Å²) in [7, 11) is 0. The van der Waals surface area contributed by atoms with E-state index in [1.807, 2.05) is 38.1 Å². The predicted octanol–water partition coefficient (Wildman–Crippen LogP) is 3.02. The van der Waals surface area contributed by atoms with Crippen molar-refractivity contribution in [3.05, 3.63) is 35.7 Å². The first-order chi connectivity index (χ1) is 9.16. The molecule has 0 saturated heterocycles. The van der Waals surface area contributed by atoms with Crippen LogP contribution < -0.4 is 5.73 Å². The van der Waals surface area contributed by atoms with Crippen LogP contribution in [0.1, 0.15) is 24.8 Å². The molecule has 0 bridgehead atoms. The van der Waals surface area contributed by atoms with Gasteiger partial charge in [-0.1, -0.05) is 29.4 Å². The first-order valence-electron chi connectivity index (χ1n) is 6.38. The molecule has 0 aliphatic heterocycles. The van der Waals surface area contributed by atoms with Crippen molar-refractivity contribution in [2.24, 2.45) is 5.73 Å². The molecule has 0 saturated carbocycles. The quantitative estimate of drug-likeness (QED) is 0.822. The number of rotatable bonds is 6. The van der Waals surface area contributed by atoms with Crippen LogP contribution in [0.25, 0.3) is 11.4 Å². The Bertz CT molecular complexity index is 525. The van der Waals surface area contributed by atoms with Crippen LogP contribution in [0.2, 0.25) is 0 Å². The highest BCUT2D eigenvalue weighted by atomic mass is 32.2. The van der Waals surface area contributed by atoms with Crippen LogP contribution in [-0.2, 0) is 5.75 Å². The van der Waals surface area contributed by atoms with Gasteiger partial charge in [0.15, 0.2) is 0 Å². The third kappa shape index (κ3) is 4.08. The fourth-order valence-electron chi connectivity index (χ4n) is 1.68. The second kappa shape index (κ2) is 6.73. The molecule has 0 fully saturated rings. The van der Waals surface area contributed by atoms with Crippen molar-refractivity contribution in [2.45, 2.75) is 32.1 Å². The average Bonchev–Trinajstić information content (AvgIpc) is 2.83. The summed E-state index contributed by atoms with van der Waals surface area (Å²) in [4.78, 5) is 4.43. The normalized spacial score (nSPS) is 12.6. The van der Waals surface area contributed by atoms with E-state index in [1.54, 1.807) is 11.8 Å². The molecule has 1 aromatic carbocycles. The summed E-state index contributed by atoms with van der Waals surface area (Å²) < 4.78 is 5.27. The highest BCUT2D eigenvalue weighted by Crippen LogP contribution is 2.21. The zero-order valence-corrected chi connectivity index (χ0v) is 12.1. The Kier molecular flexibility index (Phi) is 4.99. The van der Waals surface area contributed by atoms with E-state index in [9.17, 15) is 0 Å². The minimum absolute atomic E-state index is 0.248. The molecule has 102 valence electrons. The molecular weight excluding hydrogens is 258 g/mol. The molecule has 0 spiro atoms. The topological polar surface area (TPSA) is 64.9 Å². The summed E-state index contributed by atoms with van der Waals surface area (Å²) >= 11 is 1.77. The van der Waals surface area contributed by atoms with Crippen molar-refractivity contribution in [3.63, 3.8) is 0 Å². The second-order valence-corrected chi connectivity index (χ2v) is 5.75. The maximum absolute atomic E-state index is 5.70. The van der Waals surface area contributed by atoms with E-state index in [1.165, 1.54) is 0 Å². The molecule has 2 N–H and O–H groups in total. The van der Waals surface area contributed by atoms with E-state index < -0.39 is 0 Å². The minimum atomic E-state index is 0.248. The lowest BCUT2D eigenvalue weighted by Crippen LogP contribution is -2.15. The number of benzene rings is 1. The van der Waals surface area contributed by atoms with E-state index in [-0.39, 0.29) is 6.04 Å². The Morgan fingerprint density at radius 1 is 1.37 bits per heavy atom.